The molecule has 1 aromatic heterocycles. The van der Waals surface area contributed by atoms with Crippen molar-refractivity contribution in [2.24, 2.45) is 0 Å². The molecule has 0 fully saturated rings. The van der Waals surface area contributed by atoms with Crippen molar-refractivity contribution in [2.45, 2.75) is 6.92 Å². The first-order valence-corrected chi connectivity index (χ1v) is 12.3. The van der Waals surface area contributed by atoms with Crippen LogP contribution in [0.1, 0.15) is 27.6 Å². The lowest BCUT2D eigenvalue weighted by Gasteiger charge is -2.14. The van der Waals surface area contributed by atoms with Gasteiger partial charge < -0.3 is 18.9 Å². The normalized spacial score (nSPS) is 12.5. The third-order valence-electron chi connectivity index (χ3n) is 5.97. The molecule has 1 aliphatic heterocycles. The van der Waals surface area contributed by atoms with Crippen molar-refractivity contribution in [3.8, 4) is 44.7 Å². The highest BCUT2D eigenvalue weighted by molar-refractivity contribution is 7.20. The van der Waals surface area contributed by atoms with Gasteiger partial charge in [-0.2, -0.15) is 0 Å². The summed E-state index contributed by atoms with van der Waals surface area (Å²) < 4.78 is 22.2. The second kappa shape index (κ2) is 9.94. The average Bonchev–Trinajstić information content (AvgIpc) is 3.47. The number of hydrogen-bond acceptors (Lipinski definition) is 8. The molecular weight excluding hydrogens is 492 g/mol. The van der Waals surface area contributed by atoms with Gasteiger partial charge in [-0.15, -0.1) is 0 Å². The van der Waals surface area contributed by atoms with Gasteiger partial charge in [0.25, 0.3) is 11.8 Å². The van der Waals surface area contributed by atoms with E-state index in [-0.39, 0.29) is 5.13 Å². The molecule has 0 atom stereocenters. The summed E-state index contributed by atoms with van der Waals surface area (Å²) in [5.74, 6) is 1.32. The van der Waals surface area contributed by atoms with Crippen LogP contribution in [0.4, 0.5) is 5.13 Å². The summed E-state index contributed by atoms with van der Waals surface area (Å²) in [5, 5.41) is 0.277. The number of methoxy groups -OCH3 is 3. The lowest BCUT2D eigenvalue weighted by molar-refractivity contribution is 0.0926. The largest absolute Gasteiger partial charge is 0.494 e. The molecular formula is C28H24N2O6S. The molecule has 188 valence electrons. The van der Waals surface area contributed by atoms with E-state index >= 15 is 0 Å². The van der Waals surface area contributed by atoms with E-state index < -0.39 is 11.8 Å². The molecule has 37 heavy (non-hydrogen) atoms. The van der Waals surface area contributed by atoms with Gasteiger partial charge in [0.1, 0.15) is 5.75 Å². The summed E-state index contributed by atoms with van der Waals surface area (Å²) in [6.07, 6.45) is 0. The molecule has 0 N–H and O–H groups in total. The number of fused-ring (bicyclic) bond motifs is 1. The summed E-state index contributed by atoms with van der Waals surface area (Å²) in [4.78, 5) is 33.1. The maximum Gasteiger partial charge on any atom is 0.268 e. The van der Waals surface area contributed by atoms with Crippen molar-refractivity contribution in [2.75, 3.05) is 32.8 Å². The Morgan fingerprint density at radius 3 is 1.92 bits per heavy atom. The smallest absolute Gasteiger partial charge is 0.268 e. The lowest BCUT2D eigenvalue weighted by atomic mass is 10.1. The van der Waals surface area contributed by atoms with Crippen molar-refractivity contribution in [3.05, 3.63) is 71.8 Å². The highest BCUT2D eigenvalue weighted by atomic mass is 32.1. The second-order valence-electron chi connectivity index (χ2n) is 8.04. The second-order valence-corrected chi connectivity index (χ2v) is 9.01. The van der Waals surface area contributed by atoms with Crippen LogP contribution in [-0.4, -0.2) is 44.7 Å². The molecule has 9 heteroatoms. The monoisotopic (exact) mass is 516 g/mol. The van der Waals surface area contributed by atoms with Crippen LogP contribution in [-0.2, 0) is 0 Å². The number of carbonyl (C=O) groups excluding carboxylic acids is 2. The van der Waals surface area contributed by atoms with E-state index in [0.717, 1.165) is 21.1 Å². The van der Waals surface area contributed by atoms with Gasteiger partial charge in [-0.05, 0) is 61.0 Å². The van der Waals surface area contributed by atoms with Gasteiger partial charge in [0.15, 0.2) is 11.5 Å². The highest BCUT2D eigenvalue weighted by Crippen LogP contribution is 2.47. The number of rotatable bonds is 8. The van der Waals surface area contributed by atoms with E-state index in [2.05, 4.69) is 0 Å². The molecule has 0 bridgehead atoms. The Hall–Kier alpha value is -4.37. The summed E-state index contributed by atoms with van der Waals surface area (Å²) >= 11 is 1.26. The van der Waals surface area contributed by atoms with E-state index in [1.165, 1.54) is 18.4 Å². The Morgan fingerprint density at radius 1 is 0.811 bits per heavy atom. The number of ether oxygens (including phenoxy) is 4. The van der Waals surface area contributed by atoms with Crippen LogP contribution in [0.2, 0.25) is 0 Å². The standard InChI is InChI=1S/C28H24N2O6S/c1-5-36-18-12-10-16(11-13-18)25-23(17-14-21(33-2)24(35-4)22(15-17)34-3)29-28(37-25)30-26(31)19-8-6-7-9-20(19)27(30)32/h6-15H,5H2,1-4H3. The summed E-state index contributed by atoms with van der Waals surface area (Å²) in [6.45, 7) is 2.48. The van der Waals surface area contributed by atoms with Gasteiger partial charge in [0.2, 0.25) is 10.9 Å². The fourth-order valence-electron chi connectivity index (χ4n) is 4.25. The topological polar surface area (TPSA) is 87.2 Å². The van der Waals surface area contributed by atoms with Crippen LogP contribution in [0, 0.1) is 0 Å². The molecule has 8 nitrogen and oxygen atoms in total. The predicted octanol–water partition coefficient (Wildman–Crippen LogP) is 5.70. The van der Waals surface area contributed by atoms with E-state index in [1.807, 2.05) is 31.2 Å². The quantitative estimate of drug-likeness (QED) is 0.278. The Morgan fingerprint density at radius 2 is 1.41 bits per heavy atom. The summed E-state index contributed by atoms with van der Waals surface area (Å²) in [5.41, 5.74) is 2.82. The molecule has 0 saturated carbocycles. The first-order chi connectivity index (χ1) is 18.0. The molecule has 0 radical (unpaired) electrons. The molecule has 4 aromatic rings. The first kappa shape index (κ1) is 24.3. The number of imide groups is 1. The van der Waals surface area contributed by atoms with Crippen LogP contribution in [0.25, 0.3) is 21.7 Å². The Balaban J connectivity index is 1.68. The number of aromatic nitrogens is 1. The first-order valence-electron chi connectivity index (χ1n) is 11.5. The number of amides is 2. The Bertz CT molecular complexity index is 1440. The molecule has 2 heterocycles. The van der Waals surface area contributed by atoms with Crippen LogP contribution in [0.3, 0.4) is 0 Å². The Kier molecular flexibility index (Phi) is 6.54. The predicted molar refractivity (Wildman–Crippen MR) is 141 cm³/mol. The molecule has 0 saturated heterocycles. The molecule has 1 aliphatic rings. The number of benzene rings is 3. The van der Waals surface area contributed by atoms with Crippen LogP contribution < -0.4 is 23.8 Å². The molecule has 0 aliphatic carbocycles. The van der Waals surface area contributed by atoms with Gasteiger partial charge in [-0.1, -0.05) is 23.5 Å². The van der Waals surface area contributed by atoms with Gasteiger partial charge >= 0.3 is 0 Å². The zero-order valence-corrected chi connectivity index (χ0v) is 21.5. The van der Waals surface area contributed by atoms with Crippen molar-refractivity contribution in [1.29, 1.82) is 0 Å². The van der Waals surface area contributed by atoms with Gasteiger partial charge in [-0.3, -0.25) is 9.59 Å². The van der Waals surface area contributed by atoms with Gasteiger partial charge in [0, 0.05) is 5.56 Å². The number of thiazole rings is 1. The molecule has 2 amide bonds. The minimum Gasteiger partial charge on any atom is -0.494 e. The highest BCUT2D eigenvalue weighted by Gasteiger charge is 2.39. The summed E-state index contributed by atoms with van der Waals surface area (Å²) in [7, 11) is 4.62. The minimum absolute atomic E-state index is 0.277. The SMILES string of the molecule is CCOc1ccc(-c2sc(N3C(=O)c4ccccc4C3=O)nc2-c2cc(OC)c(OC)c(OC)c2)cc1. The number of carbonyl (C=O) groups is 2. The van der Waals surface area contributed by atoms with E-state index in [1.54, 1.807) is 50.6 Å². The van der Waals surface area contributed by atoms with E-state index in [9.17, 15) is 9.59 Å². The number of anilines is 1. The van der Waals surface area contributed by atoms with E-state index in [4.69, 9.17) is 23.9 Å². The third-order valence-corrected chi connectivity index (χ3v) is 7.06. The van der Waals surface area contributed by atoms with Crippen LogP contribution in [0.5, 0.6) is 23.0 Å². The molecule has 3 aromatic carbocycles. The maximum absolute atomic E-state index is 13.2. The van der Waals surface area contributed by atoms with Crippen molar-refractivity contribution in [1.82, 2.24) is 4.98 Å². The molecule has 0 spiro atoms. The molecule has 0 unspecified atom stereocenters. The Labute approximate surface area is 218 Å². The van der Waals surface area contributed by atoms with Crippen molar-refractivity contribution < 1.29 is 28.5 Å². The number of hydrogen-bond donors (Lipinski definition) is 0. The minimum atomic E-state index is -0.399. The number of nitrogens with zero attached hydrogens (tertiary/aromatic N) is 2. The summed E-state index contributed by atoms with van der Waals surface area (Å²) in [6, 6.07) is 18.0. The fraction of sp³-hybridized carbons (Fsp3) is 0.179. The molecule has 5 rings (SSSR count). The average molecular weight is 517 g/mol. The van der Waals surface area contributed by atoms with Crippen molar-refractivity contribution in [3.63, 3.8) is 0 Å². The lowest BCUT2D eigenvalue weighted by Crippen LogP contribution is -2.29. The van der Waals surface area contributed by atoms with Crippen LogP contribution in [0.15, 0.2) is 60.7 Å². The van der Waals surface area contributed by atoms with Crippen molar-refractivity contribution >= 4 is 28.3 Å². The fourth-order valence-corrected chi connectivity index (χ4v) is 5.34. The third kappa shape index (κ3) is 4.17. The van der Waals surface area contributed by atoms with Crippen LogP contribution >= 0.6 is 11.3 Å². The zero-order valence-electron chi connectivity index (χ0n) is 20.7. The maximum atomic E-state index is 13.2. The van der Waals surface area contributed by atoms with Gasteiger partial charge in [0.05, 0.1) is 49.6 Å². The van der Waals surface area contributed by atoms with Gasteiger partial charge in [-0.25, -0.2) is 9.88 Å². The van der Waals surface area contributed by atoms with E-state index in [0.29, 0.717) is 46.2 Å². The zero-order chi connectivity index (χ0) is 26.1.